The van der Waals surface area contributed by atoms with Crippen LogP contribution in [0.1, 0.15) is 15.9 Å². The number of nitro groups is 1. The summed E-state index contributed by atoms with van der Waals surface area (Å²) in [6, 6.07) is 12.1. The molecule has 29 heavy (non-hydrogen) atoms. The van der Waals surface area contributed by atoms with Gasteiger partial charge in [-0.25, -0.2) is 0 Å². The van der Waals surface area contributed by atoms with E-state index in [2.05, 4.69) is 5.32 Å². The summed E-state index contributed by atoms with van der Waals surface area (Å²) in [6.07, 6.45) is 1.60. The van der Waals surface area contributed by atoms with Crippen molar-refractivity contribution in [3.8, 4) is 0 Å². The van der Waals surface area contributed by atoms with Gasteiger partial charge in [0, 0.05) is 35.8 Å². The molecule has 1 aliphatic rings. The fraction of sp³-hybridized carbons (Fsp3) is 0.105. The molecule has 1 saturated heterocycles. The third kappa shape index (κ3) is 5.01. The number of carbonyl (C=O) groups is 3. The van der Waals surface area contributed by atoms with E-state index in [9.17, 15) is 24.5 Å². The maximum Gasteiger partial charge on any atom is 0.293 e. The van der Waals surface area contributed by atoms with Crippen LogP contribution in [0.5, 0.6) is 0 Å². The van der Waals surface area contributed by atoms with Gasteiger partial charge in [0.1, 0.15) is 0 Å². The van der Waals surface area contributed by atoms with Crippen LogP contribution in [0.3, 0.4) is 0 Å². The van der Waals surface area contributed by atoms with Crippen molar-refractivity contribution in [3.05, 3.63) is 79.7 Å². The number of hydrogen-bond donors (Lipinski definition) is 1. The molecule has 10 heteroatoms. The second kappa shape index (κ2) is 8.89. The molecule has 0 unspecified atom stereocenters. The molecule has 1 aliphatic heterocycles. The Balaban J connectivity index is 1.59. The van der Waals surface area contributed by atoms with E-state index in [-0.39, 0.29) is 29.2 Å². The molecule has 0 aromatic heterocycles. The second-order valence-corrected chi connectivity index (χ2v) is 7.38. The van der Waals surface area contributed by atoms with E-state index in [0.29, 0.717) is 5.02 Å². The number of non-ortho nitro benzene ring substituents is 1. The van der Waals surface area contributed by atoms with E-state index in [4.69, 9.17) is 11.6 Å². The Hall–Kier alpha value is -3.17. The van der Waals surface area contributed by atoms with Gasteiger partial charge in [0.15, 0.2) is 0 Å². The first-order chi connectivity index (χ1) is 13.8. The highest BCUT2D eigenvalue weighted by Gasteiger charge is 2.34. The normalized spacial score (nSPS) is 15.1. The van der Waals surface area contributed by atoms with Crippen molar-refractivity contribution < 1.29 is 19.3 Å². The molecular weight excluding hydrogens is 418 g/mol. The van der Waals surface area contributed by atoms with Gasteiger partial charge in [0.05, 0.1) is 9.83 Å². The van der Waals surface area contributed by atoms with Crippen LogP contribution >= 0.6 is 23.4 Å². The van der Waals surface area contributed by atoms with Gasteiger partial charge in [0.25, 0.3) is 22.7 Å². The van der Waals surface area contributed by atoms with Crippen LogP contribution < -0.4 is 5.32 Å². The third-order valence-electron chi connectivity index (χ3n) is 3.98. The lowest BCUT2D eigenvalue weighted by molar-refractivity contribution is -0.384. The Kier molecular flexibility index (Phi) is 6.30. The third-order valence-corrected chi connectivity index (χ3v) is 5.14. The summed E-state index contributed by atoms with van der Waals surface area (Å²) in [4.78, 5) is 48.2. The van der Waals surface area contributed by atoms with Crippen LogP contribution in [0.25, 0.3) is 6.08 Å². The summed E-state index contributed by atoms with van der Waals surface area (Å²) in [6.45, 7) is 0.0110. The lowest BCUT2D eigenvalue weighted by Gasteiger charge is -2.13. The van der Waals surface area contributed by atoms with Gasteiger partial charge in [-0.1, -0.05) is 29.8 Å². The maximum absolute atomic E-state index is 12.5. The predicted octanol–water partition coefficient (Wildman–Crippen LogP) is 3.71. The topological polar surface area (TPSA) is 110 Å². The highest BCUT2D eigenvalue weighted by atomic mass is 35.5. The molecule has 3 rings (SSSR count). The molecule has 0 saturated carbocycles. The first-order valence-electron chi connectivity index (χ1n) is 8.39. The summed E-state index contributed by atoms with van der Waals surface area (Å²) < 4.78 is 0. The standard InChI is InChI=1S/C19H14ClN3O5S/c20-14-6-4-12(5-7-14)10-16-18(25)22(19(26)29-16)9-8-21-17(24)13-2-1-3-15(11-13)23(27)28/h1-7,10-11H,8-9H2,(H,21,24)/b16-10-. The van der Waals surface area contributed by atoms with Gasteiger partial charge >= 0.3 is 0 Å². The smallest absolute Gasteiger partial charge is 0.293 e. The number of rotatable bonds is 6. The lowest BCUT2D eigenvalue weighted by atomic mass is 10.2. The number of carbonyl (C=O) groups excluding carboxylic acids is 3. The molecular formula is C19H14ClN3O5S. The van der Waals surface area contributed by atoms with Crippen LogP contribution in [-0.2, 0) is 4.79 Å². The number of benzene rings is 2. The average Bonchev–Trinajstić information content (AvgIpc) is 2.97. The molecule has 1 N–H and O–H groups in total. The molecule has 3 amide bonds. The van der Waals surface area contributed by atoms with E-state index in [1.165, 1.54) is 18.2 Å². The van der Waals surface area contributed by atoms with E-state index in [1.807, 2.05) is 0 Å². The quantitative estimate of drug-likeness (QED) is 0.424. The molecule has 0 aliphatic carbocycles. The number of imide groups is 1. The monoisotopic (exact) mass is 431 g/mol. The first kappa shape index (κ1) is 20.6. The van der Waals surface area contributed by atoms with Crippen LogP contribution in [0.2, 0.25) is 5.02 Å². The van der Waals surface area contributed by atoms with Gasteiger partial charge in [-0.2, -0.15) is 0 Å². The molecule has 1 heterocycles. The largest absolute Gasteiger partial charge is 0.350 e. The van der Waals surface area contributed by atoms with E-state index < -0.39 is 22.0 Å². The number of halogens is 1. The Morgan fingerprint density at radius 1 is 1.21 bits per heavy atom. The van der Waals surface area contributed by atoms with Crippen molar-refractivity contribution in [2.75, 3.05) is 13.1 Å². The van der Waals surface area contributed by atoms with Crippen molar-refractivity contribution in [1.82, 2.24) is 10.2 Å². The number of nitro benzene ring substituents is 1. The fourth-order valence-corrected chi connectivity index (χ4v) is 3.54. The number of nitrogens with one attached hydrogen (secondary N) is 1. The van der Waals surface area contributed by atoms with E-state index in [0.717, 1.165) is 28.3 Å². The minimum absolute atomic E-state index is 0.0106. The Morgan fingerprint density at radius 2 is 1.93 bits per heavy atom. The zero-order valence-electron chi connectivity index (χ0n) is 14.8. The molecule has 0 radical (unpaired) electrons. The second-order valence-electron chi connectivity index (χ2n) is 5.95. The van der Waals surface area contributed by atoms with E-state index >= 15 is 0 Å². The molecule has 8 nitrogen and oxygen atoms in total. The summed E-state index contributed by atoms with van der Waals surface area (Å²) in [7, 11) is 0. The zero-order chi connectivity index (χ0) is 21.0. The van der Waals surface area contributed by atoms with Gasteiger partial charge in [-0.3, -0.25) is 29.4 Å². The summed E-state index contributed by atoms with van der Waals surface area (Å²) in [5.74, 6) is -0.975. The number of nitrogens with zero attached hydrogens (tertiary/aromatic N) is 2. The molecule has 0 bridgehead atoms. The first-order valence-corrected chi connectivity index (χ1v) is 9.58. The minimum atomic E-state index is -0.593. The summed E-state index contributed by atoms with van der Waals surface area (Å²) in [5, 5.41) is 13.5. The van der Waals surface area contributed by atoms with Crippen molar-refractivity contribution in [1.29, 1.82) is 0 Å². The Bertz CT molecular complexity index is 1020. The zero-order valence-corrected chi connectivity index (χ0v) is 16.4. The van der Waals surface area contributed by atoms with Crippen molar-refractivity contribution in [2.45, 2.75) is 0 Å². The van der Waals surface area contributed by atoms with E-state index in [1.54, 1.807) is 30.3 Å². The predicted molar refractivity (Wildman–Crippen MR) is 110 cm³/mol. The number of amides is 3. The number of hydrogen-bond acceptors (Lipinski definition) is 6. The maximum atomic E-state index is 12.5. The van der Waals surface area contributed by atoms with Crippen LogP contribution in [0.4, 0.5) is 10.5 Å². The lowest BCUT2D eigenvalue weighted by Crippen LogP contribution is -2.37. The minimum Gasteiger partial charge on any atom is -0.350 e. The molecule has 148 valence electrons. The van der Waals surface area contributed by atoms with Crippen LogP contribution in [0, 0.1) is 10.1 Å². The average molecular weight is 432 g/mol. The molecule has 1 fully saturated rings. The SMILES string of the molecule is O=C(NCCN1C(=O)S/C(=C\c2ccc(Cl)cc2)C1=O)c1cccc([N+](=O)[O-])c1. The van der Waals surface area contributed by atoms with Crippen molar-refractivity contribution >= 4 is 52.2 Å². The molecule has 2 aromatic carbocycles. The molecule has 0 atom stereocenters. The Labute approximate surface area is 174 Å². The summed E-state index contributed by atoms with van der Waals surface area (Å²) >= 11 is 6.65. The van der Waals surface area contributed by atoms with Gasteiger partial charge in [-0.05, 0) is 41.6 Å². The highest BCUT2D eigenvalue weighted by Crippen LogP contribution is 2.32. The number of thioether (sulfide) groups is 1. The summed E-state index contributed by atoms with van der Waals surface area (Å²) in [5.41, 5.74) is 0.658. The van der Waals surface area contributed by atoms with Gasteiger partial charge < -0.3 is 5.32 Å². The molecule has 2 aromatic rings. The van der Waals surface area contributed by atoms with Gasteiger partial charge in [0.2, 0.25) is 0 Å². The molecule has 0 spiro atoms. The van der Waals surface area contributed by atoms with Crippen molar-refractivity contribution in [2.24, 2.45) is 0 Å². The van der Waals surface area contributed by atoms with Gasteiger partial charge in [-0.15, -0.1) is 0 Å². The fourth-order valence-electron chi connectivity index (χ4n) is 2.55. The Morgan fingerprint density at radius 3 is 2.62 bits per heavy atom. The van der Waals surface area contributed by atoms with Crippen LogP contribution in [0.15, 0.2) is 53.4 Å². The highest BCUT2D eigenvalue weighted by molar-refractivity contribution is 8.18. The van der Waals surface area contributed by atoms with Crippen molar-refractivity contribution in [3.63, 3.8) is 0 Å². The van der Waals surface area contributed by atoms with Crippen LogP contribution in [-0.4, -0.2) is 40.0 Å².